The number of nitrogens with one attached hydrogen (secondary N) is 2. The molecule has 1 fully saturated rings. The zero-order chi connectivity index (χ0) is 20.6. The van der Waals surface area contributed by atoms with Crippen LogP contribution in [-0.4, -0.2) is 34.3 Å². The zero-order valence-electron chi connectivity index (χ0n) is 15.1. The molecule has 1 aliphatic heterocycles. The van der Waals surface area contributed by atoms with Crippen LogP contribution in [-0.2, 0) is 11.0 Å². The second-order valence-corrected chi connectivity index (χ2v) is 6.93. The number of phenols is 1. The Hall–Kier alpha value is -3.36. The monoisotopic (exact) mass is 402 g/mol. The summed E-state index contributed by atoms with van der Waals surface area (Å²) in [6.07, 6.45) is -4.11. The third-order valence-electron chi connectivity index (χ3n) is 4.89. The molecule has 6 nitrogen and oxygen atoms in total. The van der Waals surface area contributed by atoms with Gasteiger partial charge in [-0.05, 0) is 18.2 Å². The second kappa shape index (κ2) is 7.23. The van der Waals surface area contributed by atoms with Crippen LogP contribution in [0.1, 0.15) is 12.0 Å². The fraction of sp³-hybridized carbons (Fsp3) is 0.250. The summed E-state index contributed by atoms with van der Waals surface area (Å²) in [4.78, 5) is 11.3. The highest BCUT2D eigenvalue weighted by molar-refractivity contribution is 6.00. The van der Waals surface area contributed by atoms with Crippen molar-refractivity contribution in [2.75, 3.05) is 18.4 Å². The zero-order valence-corrected chi connectivity index (χ0v) is 15.1. The summed E-state index contributed by atoms with van der Waals surface area (Å²) in [5.41, 5.74) is -0.483. The number of hydrogen-bond acceptors (Lipinski definition) is 5. The minimum atomic E-state index is -4.55. The Labute approximate surface area is 163 Å². The van der Waals surface area contributed by atoms with Crippen LogP contribution in [0.2, 0.25) is 0 Å². The Morgan fingerprint density at radius 1 is 1.14 bits per heavy atom. The summed E-state index contributed by atoms with van der Waals surface area (Å²) in [6.45, 7) is 1.12. The molecule has 0 spiro atoms. The maximum atomic E-state index is 12.9. The Bertz CT molecular complexity index is 1080. The maximum Gasteiger partial charge on any atom is 0.416 e. The van der Waals surface area contributed by atoms with Gasteiger partial charge in [0.1, 0.15) is 11.4 Å². The average molecular weight is 402 g/mol. The van der Waals surface area contributed by atoms with E-state index in [1.165, 1.54) is 6.07 Å². The first-order chi connectivity index (χ1) is 13.8. The van der Waals surface area contributed by atoms with Crippen LogP contribution in [0, 0.1) is 5.92 Å². The van der Waals surface area contributed by atoms with Gasteiger partial charge in [-0.25, -0.2) is 0 Å². The molecule has 1 unspecified atom stereocenters. The number of anilines is 1. The van der Waals surface area contributed by atoms with Gasteiger partial charge in [-0.3, -0.25) is 4.79 Å². The predicted molar refractivity (Wildman–Crippen MR) is 101 cm³/mol. The first-order valence-corrected chi connectivity index (χ1v) is 8.99. The lowest BCUT2D eigenvalue weighted by molar-refractivity contribution is -0.137. The maximum absolute atomic E-state index is 12.9. The van der Waals surface area contributed by atoms with E-state index in [0.717, 1.165) is 6.07 Å². The number of fused-ring (bicyclic) bond motifs is 1. The van der Waals surface area contributed by atoms with Crippen molar-refractivity contribution >= 4 is 22.5 Å². The molecule has 0 radical (unpaired) electrons. The van der Waals surface area contributed by atoms with Crippen LogP contribution in [0.4, 0.5) is 19.0 Å². The number of aromatic hydroxyl groups is 1. The number of halogens is 3. The van der Waals surface area contributed by atoms with Crippen molar-refractivity contribution in [2.24, 2.45) is 5.92 Å². The molecule has 150 valence electrons. The molecule has 9 heteroatoms. The molecule has 29 heavy (non-hydrogen) atoms. The average Bonchev–Trinajstić information content (AvgIpc) is 3.11. The topological polar surface area (TPSA) is 87.1 Å². The lowest BCUT2D eigenvalue weighted by Crippen LogP contribution is -2.18. The highest BCUT2D eigenvalue weighted by atomic mass is 19.4. The van der Waals surface area contributed by atoms with Crippen molar-refractivity contribution in [3.63, 3.8) is 0 Å². The number of carbonyl (C=O) groups is 1. The minimum Gasteiger partial charge on any atom is -0.507 e. The molecule has 0 aliphatic carbocycles. The van der Waals surface area contributed by atoms with Crippen LogP contribution >= 0.6 is 0 Å². The van der Waals surface area contributed by atoms with Crippen molar-refractivity contribution in [2.45, 2.75) is 12.6 Å². The van der Waals surface area contributed by atoms with E-state index >= 15 is 0 Å². The van der Waals surface area contributed by atoms with Crippen molar-refractivity contribution in [1.29, 1.82) is 0 Å². The van der Waals surface area contributed by atoms with E-state index in [0.29, 0.717) is 42.2 Å². The standard InChI is InChI=1S/C20H17F3N4O2/c21-20(22,23)12-5-6-15(16(28)8-12)18-13-3-1-2-4-14(13)19(27-26-18)25-10-11-7-17(29)24-9-11/h1-6,8,11,28H,7,9-10H2,(H,24,29)(H,25,27). The molecule has 2 heterocycles. The van der Waals surface area contributed by atoms with Crippen molar-refractivity contribution in [3.05, 3.63) is 48.0 Å². The Kier molecular flexibility index (Phi) is 4.73. The summed E-state index contributed by atoms with van der Waals surface area (Å²) >= 11 is 0. The molecular weight excluding hydrogens is 385 g/mol. The lowest BCUT2D eigenvalue weighted by Gasteiger charge is -2.14. The number of hydrogen-bond donors (Lipinski definition) is 3. The molecule has 0 bridgehead atoms. The van der Waals surface area contributed by atoms with Gasteiger partial charge in [-0.1, -0.05) is 24.3 Å². The molecule has 1 saturated heterocycles. The van der Waals surface area contributed by atoms with Crippen molar-refractivity contribution in [1.82, 2.24) is 15.5 Å². The summed E-state index contributed by atoms with van der Waals surface area (Å²) in [5, 5.41) is 25.8. The van der Waals surface area contributed by atoms with Gasteiger partial charge in [0.2, 0.25) is 5.91 Å². The van der Waals surface area contributed by atoms with Gasteiger partial charge < -0.3 is 15.7 Å². The molecule has 0 saturated carbocycles. The molecule has 1 amide bonds. The number of carbonyl (C=O) groups excluding carboxylic acids is 1. The number of benzene rings is 2. The van der Waals surface area contributed by atoms with Gasteiger partial charge in [-0.2, -0.15) is 13.2 Å². The SMILES string of the molecule is O=C1CC(CNc2nnc(-c3ccc(C(F)(F)F)cc3O)c3ccccc23)CN1. The number of amides is 1. The largest absolute Gasteiger partial charge is 0.507 e. The predicted octanol–water partition coefficient (Wildman–Crippen LogP) is 3.57. The Morgan fingerprint density at radius 2 is 1.90 bits per heavy atom. The van der Waals surface area contributed by atoms with Gasteiger partial charge in [0.15, 0.2) is 5.82 Å². The van der Waals surface area contributed by atoms with Crippen LogP contribution in [0.5, 0.6) is 5.75 Å². The van der Waals surface area contributed by atoms with Gasteiger partial charge in [-0.15, -0.1) is 10.2 Å². The van der Waals surface area contributed by atoms with E-state index < -0.39 is 17.5 Å². The van der Waals surface area contributed by atoms with Crippen LogP contribution < -0.4 is 10.6 Å². The van der Waals surface area contributed by atoms with Crippen LogP contribution in [0.25, 0.3) is 22.0 Å². The quantitative estimate of drug-likeness (QED) is 0.621. The van der Waals surface area contributed by atoms with E-state index in [-0.39, 0.29) is 23.1 Å². The fourth-order valence-electron chi connectivity index (χ4n) is 3.39. The molecule has 2 aromatic carbocycles. The van der Waals surface area contributed by atoms with Gasteiger partial charge >= 0.3 is 6.18 Å². The summed E-state index contributed by atoms with van der Waals surface area (Å²) in [7, 11) is 0. The smallest absolute Gasteiger partial charge is 0.416 e. The summed E-state index contributed by atoms with van der Waals surface area (Å²) in [5.74, 6) is 0.146. The van der Waals surface area contributed by atoms with Gasteiger partial charge in [0.05, 0.1) is 5.56 Å². The molecule has 3 N–H and O–H groups in total. The van der Waals surface area contributed by atoms with E-state index in [4.69, 9.17) is 0 Å². The number of rotatable bonds is 4. The first-order valence-electron chi connectivity index (χ1n) is 8.99. The van der Waals surface area contributed by atoms with Crippen LogP contribution in [0.15, 0.2) is 42.5 Å². The number of phenolic OH excluding ortho intramolecular Hbond substituents is 1. The van der Waals surface area contributed by atoms with Crippen LogP contribution in [0.3, 0.4) is 0 Å². The summed E-state index contributed by atoms with van der Waals surface area (Å²) < 4.78 is 38.6. The molecule has 3 aromatic rings. The third-order valence-corrected chi connectivity index (χ3v) is 4.89. The number of alkyl halides is 3. The highest BCUT2D eigenvalue weighted by Gasteiger charge is 2.31. The molecule has 1 aromatic heterocycles. The molecule has 1 aliphatic rings. The van der Waals surface area contributed by atoms with E-state index in [1.807, 2.05) is 12.1 Å². The number of nitrogens with zero attached hydrogens (tertiary/aromatic N) is 2. The summed E-state index contributed by atoms with van der Waals surface area (Å²) in [6, 6.07) is 9.95. The third kappa shape index (κ3) is 3.80. The molecule has 4 rings (SSSR count). The van der Waals surface area contributed by atoms with Gasteiger partial charge in [0.25, 0.3) is 0 Å². The minimum absolute atomic E-state index is 0.0147. The molecule has 1 atom stereocenters. The van der Waals surface area contributed by atoms with Crippen molar-refractivity contribution in [3.8, 4) is 17.0 Å². The number of aromatic nitrogens is 2. The van der Waals surface area contributed by atoms with Crippen molar-refractivity contribution < 1.29 is 23.1 Å². The van der Waals surface area contributed by atoms with Gasteiger partial charge in [0, 0.05) is 41.8 Å². The normalized spacial score (nSPS) is 16.8. The van der Waals surface area contributed by atoms with E-state index in [1.54, 1.807) is 12.1 Å². The fourth-order valence-corrected chi connectivity index (χ4v) is 3.39. The first kappa shape index (κ1) is 19.0. The Balaban J connectivity index is 1.69. The van der Waals surface area contributed by atoms with E-state index in [2.05, 4.69) is 20.8 Å². The van der Waals surface area contributed by atoms with E-state index in [9.17, 15) is 23.1 Å². The lowest BCUT2D eigenvalue weighted by atomic mass is 10.0. The Morgan fingerprint density at radius 3 is 2.55 bits per heavy atom. The second-order valence-electron chi connectivity index (χ2n) is 6.93. The molecular formula is C20H17F3N4O2. The highest BCUT2D eigenvalue weighted by Crippen LogP contribution is 2.38.